The van der Waals surface area contributed by atoms with Crippen LogP contribution in [0.2, 0.25) is 0 Å². The van der Waals surface area contributed by atoms with Crippen LogP contribution in [0.15, 0.2) is 22.7 Å². The van der Waals surface area contributed by atoms with Crippen LogP contribution in [-0.4, -0.2) is 47.0 Å². The third-order valence-corrected chi connectivity index (χ3v) is 3.25. The summed E-state index contributed by atoms with van der Waals surface area (Å²) in [6.07, 6.45) is -2.76. The van der Waals surface area contributed by atoms with Crippen LogP contribution in [0.1, 0.15) is 10.4 Å². The van der Waals surface area contributed by atoms with Crippen LogP contribution in [0.5, 0.6) is 0 Å². The standard InChI is InChI=1S/C11H11BrF2N2O4/c12-10-7(2-1-3-8(10)16(19)20)11(18)15(4-5-17)6-9(13)14/h1-3,9,17H,4-6H2. The maximum absolute atomic E-state index is 12.4. The first-order valence-corrected chi connectivity index (χ1v) is 6.29. The van der Waals surface area contributed by atoms with E-state index in [0.717, 1.165) is 4.90 Å². The van der Waals surface area contributed by atoms with E-state index in [9.17, 15) is 23.7 Å². The lowest BCUT2D eigenvalue weighted by molar-refractivity contribution is -0.385. The number of hydrogen-bond acceptors (Lipinski definition) is 4. The molecule has 0 fully saturated rings. The molecule has 1 N–H and O–H groups in total. The minimum atomic E-state index is -2.76. The molecule has 110 valence electrons. The predicted octanol–water partition coefficient (Wildman–Crippen LogP) is 2.06. The Labute approximate surface area is 121 Å². The highest BCUT2D eigenvalue weighted by atomic mass is 79.9. The minimum Gasteiger partial charge on any atom is -0.395 e. The molecule has 0 heterocycles. The van der Waals surface area contributed by atoms with Crippen LogP contribution in [-0.2, 0) is 0 Å². The summed E-state index contributed by atoms with van der Waals surface area (Å²) in [7, 11) is 0. The fraction of sp³-hybridized carbons (Fsp3) is 0.364. The lowest BCUT2D eigenvalue weighted by Crippen LogP contribution is -2.37. The molecule has 0 unspecified atom stereocenters. The van der Waals surface area contributed by atoms with E-state index in [1.165, 1.54) is 18.2 Å². The second-order valence-corrected chi connectivity index (χ2v) is 4.55. The summed E-state index contributed by atoms with van der Waals surface area (Å²) in [5, 5.41) is 19.6. The van der Waals surface area contributed by atoms with E-state index in [0.29, 0.717) is 0 Å². The van der Waals surface area contributed by atoms with Gasteiger partial charge in [-0.15, -0.1) is 0 Å². The van der Waals surface area contributed by atoms with Crippen molar-refractivity contribution in [2.45, 2.75) is 6.43 Å². The Morgan fingerprint density at radius 3 is 2.65 bits per heavy atom. The maximum atomic E-state index is 12.4. The van der Waals surface area contributed by atoms with Gasteiger partial charge in [0.1, 0.15) is 4.47 Å². The molecule has 1 aromatic rings. The Morgan fingerprint density at radius 2 is 2.15 bits per heavy atom. The molecule has 0 radical (unpaired) electrons. The predicted molar refractivity (Wildman–Crippen MR) is 69.8 cm³/mol. The number of carbonyl (C=O) groups excluding carboxylic acids is 1. The monoisotopic (exact) mass is 352 g/mol. The fourth-order valence-corrected chi connectivity index (χ4v) is 2.14. The lowest BCUT2D eigenvalue weighted by Gasteiger charge is -2.21. The maximum Gasteiger partial charge on any atom is 0.284 e. The number of nitro benzene ring substituents is 1. The van der Waals surface area contributed by atoms with Crippen LogP contribution >= 0.6 is 15.9 Å². The average molecular weight is 353 g/mol. The Morgan fingerprint density at radius 1 is 1.50 bits per heavy atom. The first-order valence-electron chi connectivity index (χ1n) is 5.49. The van der Waals surface area contributed by atoms with Crippen molar-refractivity contribution < 1.29 is 23.6 Å². The van der Waals surface area contributed by atoms with E-state index >= 15 is 0 Å². The van der Waals surface area contributed by atoms with Crippen LogP contribution in [0.25, 0.3) is 0 Å². The van der Waals surface area contributed by atoms with Crippen LogP contribution in [0.3, 0.4) is 0 Å². The Hall–Kier alpha value is -1.61. The van der Waals surface area contributed by atoms with Crippen molar-refractivity contribution in [3.8, 4) is 0 Å². The molecule has 9 heteroatoms. The Kier molecular flexibility index (Phi) is 5.96. The summed E-state index contributed by atoms with van der Waals surface area (Å²) in [6, 6.07) is 3.76. The zero-order chi connectivity index (χ0) is 15.3. The molecule has 0 bridgehead atoms. The molecule has 1 aromatic carbocycles. The first kappa shape index (κ1) is 16.4. The third kappa shape index (κ3) is 3.94. The van der Waals surface area contributed by atoms with E-state index in [4.69, 9.17) is 5.11 Å². The van der Waals surface area contributed by atoms with E-state index in [-0.39, 0.29) is 22.3 Å². The number of aliphatic hydroxyl groups excluding tert-OH is 1. The molecule has 1 rings (SSSR count). The number of hydrogen-bond donors (Lipinski definition) is 1. The molecule has 0 atom stereocenters. The molecule has 0 aliphatic carbocycles. The topological polar surface area (TPSA) is 83.7 Å². The molecule has 0 aromatic heterocycles. The van der Waals surface area contributed by atoms with Gasteiger partial charge in [-0.25, -0.2) is 8.78 Å². The van der Waals surface area contributed by atoms with Gasteiger partial charge in [0.15, 0.2) is 0 Å². The molecule has 0 saturated carbocycles. The SMILES string of the molecule is O=C(c1cccc([N+](=O)[O-])c1Br)N(CCO)CC(F)F. The highest BCUT2D eigenvalue weighted by Crippen LogP contribution is 2.29. The summed E-state index contributed by atoms with van der Waals surface area (Å²) >= 11 is 2.93. The van der Waals surface area contributed by atoms with E-state index in [1.54, 1.807) is 0 Å². The quantitative estimate of drug-likeness (QED) is 0.627. The van der Waals surface area contributed by atoms with Gasteiger partial charge in [-0.1, -0.05) is 6.07 Å². The van der Waals surface area contributed by atoms with Crippen molar-refractivity contribution in [3.05, 3.63) is 38.3 Å². The zero-order valence-electron chi connectivity index (χ0n) is 10.1. The van der Waals surface area contributed by atoms with Crippen LogP contribution < -0.4 is 0 Å². The number of nitro groups is 1. The van der Waals surface area contributed by atoms with Gasteiger partial charge < -0.3 is 10.0 Å². The number of rotatable bonds is 6. The van der Waals surface area contributed by atoms with E-state index in [2.05, 4.69) is 15.9 Å². The molecule has 6 nitrogen and oxygen atoms in total. The van der Waals surface area contributed by atoms with Crippen molar-refractivity contribution in [3.63, 3.8) is 0 Å². The van der Waals surface area contributed by atoms with E-state index in [1.807, 2.05) is 0 Å². The molecule has 0 saturated heterocycles. The number of halogens is 3. The van der Waals surface area contributed by atoms with Gasteiger partial charge in [0.2, 0.25) is 0 Å². The first-order chi connectivity index (χ1) is 9.38. The second-order valence-electron chi connectivity index (χ2n) is 3.76. The van der Waals surface area contributed by atoms with Gasteiger partial charge in [-0.3, -0.25) is 14.9 Å². The number of aliphatic hydroxyl groups is 1. The third-order valence-electron chi connectivity index (χ3n) is 2.42. The highest BCUT2D eigenvalue weighted by Gasteiger charge is 2.25. The van der Waals surface area contributed by atoms with Crippen molar-refractivity contribution in [1.29, 1.82) is 0 Å². The molecule has 20 heavy (non-hydrogen) atoms. The molecular formula is C11H11BrF2N2O4. The number of carbonyl (C=O) groups is 1. The number of nitrogens with zero attached hydrogens (tertiary/aromatic N) is 2. The summed E-state index contributed by atoms with van der Waals surface area (Å²) in [6.45, 7) is -1.61. The van der Waals surface area contributed by atoms with Gasteiger partial charge in [-0.2, -0.15) is 0 Å². The van der Waals surface area contributed by atoms with E-state index < -0.39 is 30.4 Å². The van der Waals surface area contributed by atoms with Crippen molar-refractivity contribution in [1.82, 2.24) is 4.90 Å². The summed E-state index contributed by atoms with van der Waals surface area (Å²) in [5.41, 5.74) is -0.440. The van der Waals surface area contributed by atoms with Crippen molar-refractivity contribution in [2.24, 2.45) is 0 Å². The number of alkyl halides is 2. The molecule has 0 aliphatic rings. The van der Waals surface area contributed by atoms with Gasteiger partial charge in [0, 0.05) is 12.6 Å². The molecular weight excluding hydrogens is 342 g/mol. The summed E-state index contributed by atoms with van der Waals surface area (Å²) in [5.74, 6) is -0.810. The highest BCUT2D eigenvalue weighted by molar-refractivity contribution is 9.10. The number of benzene rings is 1. The van der Waals surface area contributed by atoms with Gasteiger partial charge in [0.05, 0.1) is 23.6 Å². The molecule has 0 spiro atoms. The normalized spacial score (nSPS) is 10.7. The minimum absolute atomic E-state index is 0.0767. The average Bonchev–Trinajstić information content (AvgIpc) is 2.37. The number of amides is 1. The van der Waals surface area contributed by atoms with Gasteiger partial charge in [0.25, 0.3) is 18.0 Å². The van der Waals surface area contributed by atoms with Crippen molar-refractivity contribution >= 4 is 27.5 Å². The van der Waals surface area contributed by atoms with Crippen molar-refractivity contribution in [2.75, 3.05) is 19.7 Å². The smallest absolute Gasteiger partial charge is 0.284 e. The zero-order valence-corrected chi connectivity index (χ0v) is 11.7. The van der Waals surface area contributed by atoms with Gasteiger partial charge >= 0.3 is 0 Å². The fourth-order valence-electron chi connectivity index (χ4n) is 1.56. The van der Waals surface area contributed by atoms with Crippen LogP contribution in [0, 0.1) is 10.1 Å². The Balaban J connectivity index is 3.11. The summed E-state index contributed by atoms with van der Waals surface area (Å²) < 4.78 is 24.7. The Bertz CT molecular complexity index is 513. The summed E-state index contributed by atoms with van der Waals surface area (Å²) in [4.78, 5) is 22.9. The van der Waals surface area contributed by atoms with Gasteiger partial charge in [-0.05, 0) is 22.0 Å². The second kappa shape index (κ2) is 7.25. The van der Waals surface area contributed by atoms with Crippen LogP contribution in [0.4, 0.5) is 14.5 Å². The largest absolute Gasteiger partial charge is 0.395 e. The molecule has 1 amide bonds. The lowest BCUT2D eigenvalue weighted by atomic mass is 10.1. The molecule has 0 aliphatic heterocycles.